The van der Waals surface area contributed by atoms with Gasteiger partial charge in [0.1, 0.15) is 0 Å². The summed E-state index contributed by atoms with van der Waals surface area (Å²) in [5.41, 5.74) is 0.405. The molecule has 1 fully saturated rings. The maximum Gasteiger partial charge on any atom is 0.225 e. The van der Waals surface area contributed by atoms with E-state index in [1.807, 2.05) is 11.9 Å². The molecule has 0 aliphatic carbocycles. The molecule has 1 saturated heterocycles. The highest BCUT2D eigenvalue weighted by Gasteiger charge is 2.30. The van der Waals surface area contributed by atoms with Gasteiger partial charge in [0, 0.05) is 19.0 Å². The molecule has 1 aromatic rings. The van der Waals surface area contributed by atoms with Gasteiger partial charge in [-0.25, -0.2) is 8.42 Å². The van der Waals surface area contributed by atoms with Gasteiger partial charge in [0.15, 0.2) is 9.84 Å². The lowest BCUT2D eigenvalue weighted by Crippen LogP contribution is -2.35. The number of sulfone groups is 1. The van der Waals surface area contributed by atoms with Crippen LogP contribution in [-0.2, 0) is 14.6 Å². The van der Waals surface area contributed by atoms with Gasteiger partial charge >= 0.3 is 0 Å². The van der Waals surface area contributed by atoms with Gasteiger partial charge in [-0.05, 0) is 25.6 Å². The number of hydrogen-bond acceptors (Lipinski definition) is 4. The molecule has 1 unspecified atom stereocenters. The molecule has 0 saturated carbocycles. The Labute approximate surface area is 140 Å². The van der Waals surface area contributed by atoms with Gasteiger partial charge in [0.25, 0.3) is 0 Å². The zero-order chi connectivity index (χ0) is 16.3. The molecular formula is C14H18Cl2N2O3S. The summed E-state index contributed by atoms with van der Waals surface area (Å²) in [7, 11) is -1.08. The molecule has 0 aromatic heterocycles. The minimum atomic E-state index is -2.92. The van der Waals surface area contributed by atoms with Crippen molar-refractivity contribution in [3.8, 4) is 0 Å². The Morgan fingerprint density at radius 2 is 2.00 bits per heavy atom. The summed E-state index contributed by atoms with van der Waals surface area (Å²) in [4.78, 5) is 13.9. The first-order valence-corrected chi connectivity index (χ1v) is 9.51. The summed E-state index contributed by atoms with van der Waals surface area (Å²) in [5, 5.41) is 3.46. The molecule has 0 bridgehead atoms. The molecule has 22 heavy (non-hydrogen) atoms. The second-order valence-electron chi connectivity index (χ2n) is 5.43. The van der Waals surface area contributed by atoms with Crippen molar-refractivity contribution in [2.24, 2.45) is 0 Å². The van der Waals surface area contributed by atoms with E-state index in [-0.39, 0.29) is 29.9 Å². The summed E-state index contributed by atoms with van der Waals surface area (Å²) in [6.07, 6.45) is 0.866. The molecule has 1 atom stereocenters. The Morgan fingerprint density at radius 1 is 1.36 bits per heavy atom. The van der Waals surface area contributed by atoms with Crippen molar-refractivity contribution in [3.05, 3.63) is 28.2 Å². The standard InChI is InChI=1S/C14H18Cl2N2O3S/c1-18(10-6-8-22(20,21)9-10)7-5-13(19)17-14-11(15)3-2-4-12(14)16/h2-4,10H,5-9H2,1H3,(H,17,19). The summed E-state index contributed by atoms with van der Waals surface area (Å²) in [6, 6.07) is 4.99. The number of nitrogens with one attached hydrogen (secondary N) is 1. The molecule has 1 aliphatic heterocycles. The van der Waals surface area contributed by atoms with Crippen LogP contribution in [-0.4, -0.2) is 50.4 Å². The minimum Gasteiger partial charge on any atom is -0.324 e. The van der Waals surface area contributed by atoms with Gasteiger partial charge < -0.3 is 10.2 Å². The third-order valence-electron chi connectivity index (χ3n) is 3.75. The van der Waals surface area contributed by atoms with Crippen LogP contribution in [0, 0.1) is 0 Å². The van der Waals surface area contributed by atoms with Gasteiger partial charge in [0.2, 0.25) is 5.91 Å². The smallest absolute Gasteiger partial charge is 0.225 e. The normalized spacial score (nSPS) is 20.3. The molecule has 1 N–H and O–H groups in total. The van der Waals surface area contributed by atoms with Crippen molar-refractivity contribution in [1.82, 2.24) is 4.90 Å². The Bertz CT molecular complexity index is 644. The summed E-state index contributed by atoms with van der Waals surface area (Å²) < 4.78 is 22.9. The second kappa shape index (κ2) is 7.17. The number of rotatable bonds is 5. The summed E-state index contributed by atoms with van der Waals surface area (Å²) >= 11 is 12.0. The van der Waals surface area contributed by atoms with Crippen molar-refractivity contribution in [1.29, 1.82) is 0 Å². The number of amides is 1. The van der Waals surface area contributed by atoms with Gasteiger partial charge in [-0.15, -0.1) is 0 Å². The molecule has 0 spiro atoms. The van der Waals surface area contributed by atoms with E-state index in [4.69, 9.17) is 23.2 Å². The number of benzene rings is 1. The van der Waals surface area contributed by atoms with Gasteiger partial charge in [0.05, 0.1) is 27.2 Å². The predicted octanol–water partition coefficient (Wildman–Crippen LogP) is 2.44. The van der Waals surface area contributed by atoms with Crippen molar-refractivity contribution in [2.75, 3.05) is 30.4 Å². The number of nitrogens with zero attached hydrogens (tertiary/aromatic N) is 1. The highest BCUT2D eigenvalue weighted by molar-refractivity contribution is 7.91. The van der Waals surface area contributed by atoms with E-state index in [0.717, 1.165) is 0 Å². The third kappa shape index (κ3) is 4.59. The molecular weight excluding hydrogens is 347 g/mol. The molecule has 8 heteroatoms. The lowest BCUT2D eigenvalue weighted by Gasteiger charge is -2.22. The Hall–Kier alpha value is -0.820. The molecule has 1 amide bonds. The zero-order valence-electron chi connectivity index (χ0n) is 12.2. The largest absolute Gasteiger partial charge is 0.324 e. The Morgan fingerprint density at radius 3 is 2.55 bits per heavy atom. The third-order valence-corrected chi connectivity index (χ3v) is 6.13. The lowest BCUT2D eigenvalue weighted by molar-refractivity contribution is -0.116. The van der Waals surface area contributed by atoms with E-state index in [9.17, 15) is 13.2 Å². The van der Waals surface area contributed by atoms with Crippen LogP contribution in [0.2, 0.25) is 10.0 Å². The van der Waals surface area contributed by atoms with Crippen molar-refractivity contribution >= 4 is 44.6 Å². The number of halogens is 2. The van der Waals surface area contributed by atoms with Crippen molar-refractivity contribution in [2.45, 2.75) is 18.9 Å². The molecule has 122 valence electrons. The molecule has 1 heterocycles. The maximum absolute atomic E-state index is 12.0. The van der Waals surface area contributed by atoms with Crippen LogP contribution in [0.5, 0.6) is 0 Å². The molecule has 1 aromatic carbocycles. The van der Waals surface area contributed by atoms with Crippen LogP contribution >= 0.6 is 23.2 Å². The highest BCUT2D eigenvalue weighted by Crippen LogP contribution is 2.29. The van der Waals surface area contributed by atoms with Crippen LogP contribution in [0.25, 0.3) is 0 Å². The quantitative estimate of drug-likeness (QED) is 0.871. The van der Waals surface area contributed by atoms with E-state index in [0.29, 0.717) is 28.7 Å². The topological polar surface area (TPSA) is 66.5 Å². The van der Waals surface area contributed by atoms with Crippen LogP contribution in [0.4, 0.5) is 5.69 Å². The number of para-hydroxylation sites is 1. The lowest BCUT2D eigenvalue weighted by atomic mass is 10.2. The Kier molecular flexibility index (Phi) is 5.71. The maximum atomic E-state index is 12.0. The van der Waals surface area contributed by atoms with Crippen LogP contribution in [0.1, 0.15) is 12.8 Å². The molecule has 0 radical (unpaired) electrons. The van der Waals surface area contributed by atoms with E-state index < -0.39 is 9.84 Å². The SMILES string of the molecule is CN(CCC(=O)Nc1c(Cl)cccc1Cl)C1CCS(=O)(=O)C1. The average Bonchev–Trinajstić information content (AvgIpc) is 2.81. The van der Waals surface area contributed by atoms with E-state index in [2.05, 4.69) is 5.32 Å². The molecule has 1 aliphatic rings. The fourth-order valence-corrected chi connectivity index (χ4v) is 4.70. The first-order chi connectivity index (χ1) is 10.3. The first kappa shape index (κ1) is 17.5. The summed E-state index contributed by atoms with van der Waals surface area (Å²) in [5.74, 6) is 0.188. The average molecular weight is 365 g/mol. The Balaban J connectivity index is 1.85. The fourth-order valence-electron chi connectivity index (χ4n) is 2.40. The van der Waals surface area contributed by atoms with Gasteiger partial charge in [-0.3, -0.25) is 4.79 Å². The monoisotopic (exact) mass is 364 g/mol. The fraction of sp³-hybridized carbons (Fsp3) is 0.500. The predicted molar refractivity (Wildman–Crippen MR) is 89.4 cm³/mol. The van der Waals surface area contributed by atoms with Crippen LogP contribution < -0.4 is 5.32 Å². The minimum absolute atomic E-state index is 0.0123. The highest BCUT2D eigenvalue weighted by atomic mass is 35.5. The molecule has 5 nitrogen and oxygen atoms in total. The van der Waals surface area contributed by atoms with Gasteiger partial charge in [-0.2, -0.15) is 0 Å². The van der Waals surface area contributed by atoms with Crippen LogP contribution in [0.3, 0.4) is 0 Å². The van der Waals surface area contributed by atoms with Crippen molar-refractivity contribution < 1.29 is 13.2 Å². The summed E-state index contributed by atoms with van der Waals surface area (Å²) in [6.45, 7) is 0.480. The van der Waals surface area contributed by atoms with E-state index >= 15 is 0 Å². The van der Waals surface area contributed by atoms with E-state index in [1.54, 1.807) is 18.2 Å². The second-order valence-corrected chi connectivity index (χ2v) is 8.48. The van der Waals surface area contributed by atoms with Crippen LogP contribution in [0.15, 0.2) is 18.2 Å². The number of hydrogen-bond donors (Lipinski definition) is 1. The first-order valence-electron chi connectivity index (χ1n) is 6.93. The number of anilines is 1. The molecule has 2 rings (SSSR count). The van der Waals surface area contributed by atoms with E-state index in [1.165, 1.54) is 0 Å². The zero-order valence-corrected chi connectivity index (χ0v) is 14.5. The number of carbonyl (C=O) groups excluding carboxylic acids is 1. The van der Waals surface area contributed by atoms with Gasteiger partial charge in [-0.1, -0.05) is 29.3 Å². The van der Waals surface area contributed by atoms with Crippen molar-refractivity contribution in [3.63, 3.8) is 0 Å². The number of carbonyl (C=O) groups is 1.